The Hall–Kier alpha value is -1.88. The molecule has 1 aromatic heterocycles. The molecule has 1 N–H and O–H groups in total. The van der Waals surface area contributed by atoms with Crippen LogP contribution in [0.1, 0.15) is 32.6 Å². The third-order valence-corrected chi connectivity index (χ3v) is 3.85. The Labute approximate surface area is 125 Å². The van der Waals surface area contributed by atoms with Crippen molar-refractivity contribution in [3.63, 3.8) is 0 Å². The molecule has 0 saturated carbocycles. The van der Waals surface area contributed by atoms with Crippen molar-refractivity contribution in [3.05, 3.63) is 30.1 Å². The van der Waals surface area contributed by atoms with Crippen molar-refractivity contribution in [1.29, 1.82) is 0 Å². The van der Waals surface area contributed by atoms with Gasteiger partial charge >= 0.3 is 0 Å². The number of rotatable bonds is 4. The van der Waals surface area contributed by atoms with Gasteiger partial charge in [-0.15, -0.1) is 10.2 Å². The molecule has 3 rings (SSSR count). The van der Waals surface area contributed by atoms with E-state index in [1.165, 1.54) is 0 Å². The van der Waals surface area contributed by atoms with E-state index in [4.69, 9.17) is 4.74 Å². The fourth-order valence-electron chi connectivity index (χ4n) is 2.85. The van der Waals surface area contributed by atoms with E-state index in [1.54, 1.807) is 0 Å². The van der Waals surface area contributed by atoms with E-state index in [2.05, 4.69) is 40.0 Å². The van der Waals surface area contributed by atoms with Gasteiger partial charge in [0, 0.05) is 13.1 Å². The minimum absolute atomic E-state index is 0.263. The molecule has 0 fully saturated rings. The van der Waals surface area contributed by atoms with Gasteiger partial charge < -0.3 is 14.6 Å². The van der Waals surface area contributed by atoms with Crippen molar-refractivity contribution < 1.29 is 4.74 Å². The van der Waals surface area contributed by atoms with Crippen LogP contribution in [0.2, 0.25) is 0 Å². The van der Waals surface area contributed by atoms with Crippen LogP contribution in [0.25, 0.3) is 11.4 Å². The van der Waals surface area contributed by atoms with Gasteiger partial charge in [0.25, 0.3) is 0 Å². The van der Waals surface area contributed by atoms with Crippen LogP contribution in [0.4, 0.5) is 0 Å². The number of ether oxygens (including phenoxy) is 1. The van der Waals surface area contributed by atoms with E-state index in [-0.39, 0.29) is 6.04 Å². The molecule has 5 nitrogen and oxygen atoms in total. The van der Waals surface area contributed by atoms with Gasteiger partial charge in [-0.25, -0.2) is 0 Å². The third-order valence-electron chi connectivity index (χ3n) is 3.85. The lowest BCUT2D eigenvalue weighted by molar-refractivity contribution is 0.336. The molecule has 1 aromatic carbocycles. The highest BCUT2D eigenvalue weighted by Crippen LogP contribution is 2.32. The van der Waals surface area contributed by atoms with E-state index < -0.39 is 0 Å². The maximum Gasteiger partial charge on any atom is 0.167 e. The summed E-state index contributed by atoms with van der Waals surface area (Å²) in [4.78, 5) is 0. The topological polar surface area (TPSA) is 52.0 Å². The highest BCUT2D eigenvalue weighted by molar-refractivity contribution is 5.64. The van der Waals surface area contributed by atoms with Crippen molar-refractivity contribution >= 4 is 0 Å². The summed E-state index contributed by atoms with van der Waals surface area (Å²) in [7, 11) is 0. The van der Waals surface area contributed by atoms with E-state index in [9.17, 15) is 0 Å². The van der Waals surface area contributed by atoms with Crippen molar-refractivity contribution in [2.75, 3.05) is 13.2 Å². The quantitative estimate of drug-likeness (QED) is 0.939. The third kappa shape index (κ3) is 2.53. The fourth-order valence-corrected chi connectivity index (χ4v) is 2.85. The second-order valence-electron chi connectivity index (χ2n) is 5.64. The lowest BCUT2D eigenvalue weighted by atomic mass is 10.0. The van der Waals surface area contributed by atoms with E-state index in [0.29, 0.717) is 12.5 Å². The summed E-state index contributed by atoms with van der Waals surface area (Å²) in [6.07, 6.45) is 0. The van der Waals surface area contributed by atoms with Crippen LogP contribution in [-0.2, 0) is 6.54 Å². The van der Waals surface area contributed by atoms with E-state index >= 15 is 0 Å². The van der Waals surface area contributed by atoms with Crippen molar-refractivity contribution in [3.8, 4) is 17.1 Å². The number of fused-ring (bicyclic) bond motifs is 1. The predicted molar refractivity (Wildman–Crippen MR) is 82.2 cm³/mol. The first-order chi connectivity index (χ1) is 10.2. The molecular weight excluding hydrogens is 264 g/mol. The van der Waals surface area contributed by atoms with Gasteiger partial charge in [0.2, 0.25) is 0 Å². The zero-order chi connectivity index (χ0) is 14.8. The highest BCUT2D eigenvalue weighted by Gasteiger charge is 2.28. The Bertz CT molecular complexity index is 620. The molecule has 1 aliphatic rings. The Balaban J connectivity index is 2.05. The van der Waals surface area contributed by atoms with Gasteiger partial charge in [-0.2, -0.15) is 0 Å². The largest absolute Gasteiger partial charge is 0.493 e. The zero-order valence-corrected chi connectivity index (χ0v) is 12.8. The zero-order valence-electron chi connectivity index (χ0n) is 12.8. The number of hydrogen-bond acceptors (Lipinski definition) is 4. The number of aromatic nitrogens is 3. The maximum atomic E-state index is 5.73. The van der Waals surface area contributed by atoms with Gasteiger partial charge in [0.1, 0.15) is 5.75 Å². The first-order valence-electron chi connectivity index (χ1n) is 7.61. The van der Waals surface area contributed by atoms with Crippen molar-refractivity contribution in [2.45, 2.75) is 33.4 Å². The van der Waals surface area contributed by atoms with Gasteiger partial charge in [0.05, 0.1) is 18.2 Å². The molecule has 112 valence electrons. The molecule has 2 heterocycles. The number of nitrogens with one attached hydrogen (secondary N) is 1. The molecule has 0 aliphatic carbocycles. The summed E-state index contributed by atoms with van der Waals surface area (Å²) in [5, 5.41) is 12.4. The normalized spacial score (nSPS) is 17.8. The summed E-state index contributed by atoms with van der Waals surface area (Å²) in [5.41, 5.74) is 1.02. The minimum atomic E-state index is 0.263. The van der Waals surface area contributed by atoms with E-state index in [0.717, 1.165) is 36.1 Å². The lowest BCUT2D eigenvalue weighted by Crippen LogP contribution is -2.36. The molecule has 0 saturated heterocycles. The van der Waals surface area contributed by atoms with Crippen LogP contribution in [0.15, 0.2) is 24.3 Å². The summed E-state index contributed by atoms with van der Waals surface area (Å²) >= 11 is 0. The number of hydrogen-bond donors (Lipinski definition) is 1. The Kier molecular flexibility index (Phi) is 3.92. The number of nitrogens with zero attached hydrogens (tertiary/aromatic N) is 3. The van der Waals surface area contributed by atoms with E-state index in [1.807, 2.05) is 25.1 Å². The molecular formula is C16H22N4O. The molecule has 1 unspecified atom stereocenters. The second kappa shape index (κ2) is 5.85. The first-order valence-corrected chi connectivity index (χ1v) is 7.61. The number of para-hydroxylation sites is 1. The molecule has 0 amide bonds. The monoisotopic (exact) mass is 286 g/mol. The second-order valence-corrected chi connectivity index (χ2v) is 5.64. The molecule has 21 heavy (non-hydrogen) atoms. The smallest absolute Gasteiger partial charge is 0.167 e. The summed E-state index contributed by atoms with van der Waals surface area (Å²) in [5.74, 6) is 3.29. The molecule has 0 radical (unpaired) electrons. The standard InChI is InChI=1S/C16H22N4O/c1-4-21-13-8-6-5-7-12(13)15-18-19-16-14(11(2)3)17-9-10-20(15)16/h5-8,11,14,17H,4,9-10H2,1-3H3. The Morgan fingerprint density at radius 1 is 1.33 bits per heavy atom. The Morgan fingerprint density at radius 3 is 2.90 bits per heavy atom. The molecule has 2 aromatic rings. The van der Waals surface area contributed by atoms with Crippen LogP contribution in [0, 0.1) is 5.92 Å². The van der Waals surface area contributed by atoms with Gasteiger partial charge in [-0.3, -0.25) is 0 Å². The van der Waals surface area contributed by atoms with Crippen molar-refractivity contribution in [2.24, 2.45) is 5.92 Å². The summed E-state index contributed by atoms with van der Waals surface area (Å²) < 4.78 is 7.95. The van der Waals surface area contributed by atoms with Crippen LogP contribution in [0.3, 0.4) is 0 Å². The molecule has 0 spiro atoms. The van der Waals surface area contributed by atoms with Crippen LogP contribution in [-0.4, -0.2) is 27.9 Å². The van der Waals surface area contributed by atoms with Crippen molar-refractivity contribution in [1.82, 2.24) is 20.1 Å². The average molecular weight is 286 g/mol. The molecule has 1 atom stereocenters. The SMILES string of the molecule is CCOc1ccccc1-c1nnc2n1CCNC2C(C)C. The molecule has 0 bridgehead atoms. The lowest BCUT2D eigenvalue weighted by Gasteiger charge is -2.27. The van der Waals surface area contributed by atoms with Gasteiger partial charge in [0.15, 0.2) is 11.6 Å². The Morgan fingerprint density at radius 2 is 2.14 bits per heavy atom. The number of benzene rings is 1. The highest BCUT2D eigenvalue weighted by atomic mass is 16.5. The van der Waals surface area contributed by atoms with Gasteiger partial charge in [-0.1, -0.05) is 26.0 Å². The summed E-state index contributed by atoms with van der Waals surface area (Å²) in [6, 6.07) is 8.30. The predicted octanol–water partition coefficient (Wildman–Crippen LogP) is 2.64. The minimum Gasteiger partial charge on any atom is -0.493 e. The maximum absolute atomic E-state index is 5.73. The van der Waals surface area contributed by atoms with Crippen LogP contribution >= 0.6 is 0 Å². The van der Waals surface area contributed by atoms with Crippen LogP contribution in [0.5, 0.6) is 5.75 Å². The summed E-state index contributed by atoms with van der Waals surface area (Å²) in [6.45, 7) is 8.88. The van der Waals surface area contributed by atoms with Crippen LogP contribution < -0.4 is 10.1 Å². The average Bonchev–Trinajstić information content (AvgIpc) is 2.91. The fraction of sp³-hybridized carbons (Fsp3) is 0.500. The molecule has 5 heteroatoms. The van der Waals surface area contributed by atoms with Gasteiger partial charge in [-0.05, 0) is 25.0 Å². The first kappa shape index (κ1) is 14.1. The molecule has 1 aliphatic heterocycles.